The van der Waals surface area contributed by atoms with Crippen LogP contribution >= 0.6 is 0 Å². The topological polar surface area (TPSA) is 46.1 Å². The molecule has 0 aliphatic carbocycles. The van der Waals surface area contributed by atoms with Crippen LogP contribution in [0.25, 0.3) is 0 Å². The Hall–Kier alpha value is -2.53. The van der Waals surface area contributed by atoms with E-state index in [1.54, 1.807) is 0 Å². The van der Waals surface area contributed by atoms with Gasteiger partial charge in [0.2, 0.25) is 0 Å². The molecule has 0 saturated carbocycles. The maximum Gasteiger partial charge on any atom is 0.193 e. The molecule has 0 amide bonds. The second kappa shape index (κ2) is 10.7. The maximum atomic E-state index is 6.06. The van der Waals surface area contributed by atoms with Gasteiger partial charge >= 0.3 is 0 Å². The third kappa shape index (κ3) is 5.99. The number of hydrogen-bond donors (Lipinski definition) is 1. The molecule has 1 unspecified atom stereocenters. The molecule has 0 bridgehead atoms. The van der Waals surface area contributed by atoms with Crippen molar-refractivity contribution in [3.8, 4) is 5.75 Å². The van der Waals surface area contributed by atoms with Crippen molar-refractivity contribution in [2.45, 2.75) is 26.5 Å². The molecule has 1 saturated heterocycles. The molecule has 3 rings (SSSR count). The first kappa shape index (κ1) is 20.2. The van der Waals surface area contributed by atoms with E-state index < -0.39 is 0 Å². The summed E-state index contributed by atoms with van der Waals surface area (Å²) < 4.78 is 11.6. The van der Waals surface area contributed by atoms with Crippen molar-refractivity contribution in [3.63, 3.8) is 0 Å². The van der Waals surface area contributed by atoms with Gasteiger partial charge in [0.1, 0.15) is 12.4 Å². The summed E-state index contributed by atoms with van der Waals surface area (Å²) in [7, 11) is 2.09. The minimum Gasteiger partial charge on any atom is -0.489 e. The van der Waals surface area contributed by atoms with E-state index >= 15 is 0 Å². The number of para-hydroxylation sites is 1. The summed E-state index contributed by atoms with van der Waals surface area (Å²) in [6.07, 6.45) is 1.12. The van der Waals surface area contributed by atoms with Crippen molar-refractivity contribution >= 4 is 5.96 Å². The largest absolute Gasteiger partial charge is 0.489 e. The molecule has 28 heavy (non-hydrogen) atoms. The quantitative estimate of drug-likeness (QED) is 0.559. The van der Waals surface area contributed by atoms with Gasteiger partial charge in [0.15, 0.2) is 5.96 Å². The Balaban J connectivity index is 1.64. The fourth-order valence-corrected chi connectivity index (χ4v) is 3.34. The average molecular weight is 382 g/mol. The van der Waals surface area contributed by atoms with E-state index in [9.17, 15) is 0 Å². The molecule has 0 spiro atoms. The van der Waals surface area contributed by atoms with Crippen LogP contribution in [-0.2, 0) is 17.9 Å². The van der Waals surface area contributed by atoms with Crippen LogP contribution in [0.4, 0.5) is 0 Å². The number of ether oxygens (including phenoxy) is 2. The Labute approximate surface area is 168 Å². The highest BCUT2D eigenvalue weighted by Crippen LogP contribution is 2.20. The molecular formula is C23H31N3O2. The molecule has 150 valence electrons. The van der Waals surface area contributed by atoms with Crippen molar-refractivity contribution in [3.05, 3.63) is 65.7 Å². The first-order valence-corrected chi connectivity index (χ1v) is 10.1. The van der Waals surface area contributed by atoms with Gasteiger partial charge in [-0.05, 0) is 25.0 Å². The molecule has 0 aromatic heterocycles. The van der Waals surface area contributed by atoms with Gasteiger partial charge in [0.05, 0.1) is 13.2 Å². The van der Waals surface area contributed by atoms with Crippen LogP contribution in [0.15, 0.2) is 59.6 Å². The average Bonchev–Trinajstić information content (AvgIpc) is 3.24. The van der Waals surface area contributed by atoms with Gasteiger partial charge in [-0.3, -0.25) is 0 Å². The van der Waals surface area contributed by atoms with E-state index in [0.29, 0.717) is 19.1 Å². The summed E-state index contributed by atoms with van der Waals surface area (Å²) in [6, 6.07) is 18.4. The molecule has 5 heteroatoms. The lowest BCUT2D eigenvalue weighted by Crippen LogP contribution is -2.41. The monoisotopic (exact) mass is 381 g/mol. The van der Waals surface area contributed by atoms with Crippen LogP contribution in [0.3, 0.4) is 0 Å². The van der Waals surface area contributed by atoms with Crippen LogP contribution in [0.2, 0.25) is 0 Å². The van der Waals surface area contributed by atoms with E-state index in [2.05, 4.69) is 42.4 Å². The Morgan fingerprint density at radius 1 is 1.18 bits per heavy atom. The number of aliphatic imine (C=N–C) groups is 1. The molecule has 1 atom stereocenters. The van der Waals surface area contributed by atoms with E-state index in [4.69, 9.17) is 14.5 Å². The van der Waals surface area contributed by atoms with Crippen LogP contribution in [-0.4, -0.2) is 44.2 Å². The summed E-state index contributed by atoms with van der Waals surface area (Å²) >= 11 is 0. The first-order chi connectivity index (χ1) is 13.8. The highest BCUT2D eigenvalue weighted by atomic mass is 16.5. The van der Waals surface area contributed by atoms with Crippen molar-refractivity contribution < 1.29 is 9.47 Å². The number of nitrogens with one attached hydrogen (secondary N) is 1. The van der Waals surface area contributed by atoms with Crippen molar-refractivity contribution in [1.29, 1.82) is 0 Å². The van der Waals surface area contributed by atoms with Gasteiger partial charge in [-0.15, -0.1) is 0 Å². The van der Waals surface area contributed by atoms with E-state index in [0.717, 1.165) is 55.6 Å². The lowest BCUT2D eigenvalue weighted by atomic mass is 10.1. The highest BCUT2D eigenvalue weighted by Gasteiger charge is 2.19. The van der Waals surface area contributed by atoms with Gasteiger partial charge in [-0.2, -0.15) is 0 Å². The molecule has 1 N–H and O–H groups in total. The third-order valence-electron chi connectivity index (χ3n) is 4.86. The Kier molecular flexibility index (Phi) is 7.73. The molecule has 1 aliphatic rings. The standard InChI is InChI=1S/C23H31N3O2/c1-3-24-23(26(2)16-20-13-14-27-17-20)25-15-21-11-7-8-12-22(21)28-18-19-9-5-4-6-10-19/h4-12,20H,3,13-18H2,1-2H3,(H,24,25). The predicted octanol–water partition coefficient (Wildman–Crippen LogP) is 3.70. The smallest absolute Gasteiger partial charge is 0.193 e. The zero-order chi connectivity index (χ0) is 19.6. The molecule has 2 aromatic rings. The Morgan fingerprint density at radius 2 is 1.96 bits per heavy atom. The fraction of sp³-hybridized carbons (Fsp3) is 0.435. The number of nitrogens with zero attached hydrogens (tertiary/aromatic N) is 2. The second-order valence-corrected chi connectivity index (χ2v) is 7.16. The van der Waals surface area contributed by atoms with E-state index in [1.165, 1.54) is 0 Å². The van der Waals surface area contributed by atoms with Crippen molar-refractivity contribution in [2.75, 3.05) is 33.4 Å². The Morgan fingerprint density at radius 3 is 2.71 bits per heavy atom. The van der Waals surface area contributed by atoms with Crippen LogP contribution in [0, 0.1) is 5.92 Å². The van der Waals surface area contributed by atoms with Crippen LogP contribution in [0.5, 0.6) is 5.75 Å². The second-order valence-electron chi connectivity index (χ2n) is 7.16. The zero-order valence-corrected chi connectivity index (χ0v) is 16.9. The lowest BCUT2D eigenvalue weighted by Gasteiger charge is -2.24. The summed E-state index contributed by atoms with van der Waals surface area (Å²) in [4.78, 5) is 7.06. The van der Waals surface area contributed by atoms with E-state index in [-0.39, 0.29) is 0 Å². The minimum atomic E-state index is 0.559. The van der Waals surface area contributed by atoms with Crippen LogP contribution < -0.4 is 10.1 Å². The molecule has 1 fully saturated rings. The van der Waals surface area contributed by atoms with Gasteiger partial charge in [0.25, 0.3) is 0 Å². The maximum absolute atomic E-state index is 6.06. The van der Waals surface area contributed by atoms with Crippen LogP contribution in [0.1, 0.15) is 24.5 Å². The number of rotatable bonds is 8. The first-order valence-electron chi connectivity index (χ1n) is 10.1. The predicted molar refractivity (Wildman–Crippen MR) is 114 cm³/mol. The number of benzene rings is 2. The van der Waals surface area contributed by atoms with Gasteiger partial charge in [0, 0.05) is 38.2 Å². The molecule has 2 aromatic carbocycles. The summed E-state index contributed by atoms with van der Waals surface area (Å²) in [5, 5.41) is 3.40. The lowest BCUT2D eigenvalue weighted by molar-refractivity contribution is 0.181. The summed E-state index contributed by atoms with van der Waals surface area (Å²) in [5.74, 6) is 2.39. The molecule has 1 aliphatic heterocycles. The summed E-state index contributed by atoms with van der Waals surface area (Å²) in [5.41, 5.74) is 2.25. The highest BCUT2D eigenvalue weighted by molar-refractivity contribution is 5.79. The minimum absolute atomic E-state index is 0.559. The number of hydrogen-bond acceptors (Lipinski definition) is 3. The summed E-state index contributed by atoms with van der Waals surface area (Å²) in [6.45, 7) is 6.76. The SMILES string of the molecule is CCNC(=NCc1ccccc1OCc1ccccc1)N(C)CC1CCOC1. The molecule has 1 heterocycles. The zero-order valence-electron chi connectivity index (χ0n) is 16.9. The fourth-order valence-electron chi connectivity index (χ4n) is 3.34. The van der Waals surface area contributed by atoms with Crippen molar-refractivity contribution in [2.24, 2.45) is 10.9 Å². The normalized spacial score (nSPS) is 16.8. The van der Waals surface area contributed by atoms with Gasteiger partial charge in [-0.1, -0.05) is 48.5 Å². The van der Waals surface area contributed by atoms with Gasteiger partial charge in [-0.25, -0.2) is 4.99 Å². The Bertz CT molecular complexity index is 743. The van der Waals surface area contributed by atoms with E-state index in [1.807, 2.05) is 36.4 Å². The van der Waals surface area contributed by atoms with Crippen molar-refractivity contribution in [1.82, 2.24) is 10.2 Å². The third-order valence-corrected chi connectivity index (χ3v) is 4.86. The van der Waals surface area contributed by atoms with Gasteiger partial charge < -0.3 is 19.7 Å². The molecule has 0 radical (unpaired) electrons. The molecular weight excluding hydrogens is 350 g/mol. The number of guanidine groups is 1. The molecule has 5 nitrogen and oxygen atoms in total.